The van der Waals surface area contributed by atoms with E-state index < -0.39 is 4.92 Å². The lowest BCUT2D eigenvalue weighted by molar-refractivity contribution is -0.385. The molecule has 3 rings (SSSR count). The second kappa shape index (κ2) is 6.72. The largest absolute Gasteiger partial charge is 0.487 e. The van der Waals surface area contributed by atoms with Crippen molar-refractivity contribution in [3.63, 3.8) is 0 Å². The van der Waals surface area contributed by atoms with Crippen LogP contribution in [0.3, 0.4) is 0 Å². The van der Waals surface area contributed by atoms with Crippen LogP contribution in [0.2, 0.25) is 0 Å². The van der Waals surface area contributed by atoms with Crippen LogP contribution in [-0.2, 0) is 9.47 Å². The minimum absolute atomic E-state index is 0.00430. The molecule has 7 nitrogen and oxygen atoms in total. The highest BCUT2D eigenvalue weighted by atomic mass is 16.6. The molecule has 1 aromatic carbocycles. The normalized spacial score (nSPS) is 20.5. The van der Waals surface area contributed by atoms with Crippen molar-refractivity contribution in [2.24, 2.45) is 0 Å². The van der Waals surface area contributed by atoms with E-state index in [2.05, 4.69) is 4.90 Å². The number of nitro benzene ring substituents is 1. The summed E-state index contributed by atoms with van der Waals surface area (Å²) >= 11 is 0. The van der Waals surface area contributed by atoms with Gasteiger partial charge in [-0.15, -0.1) is 0 Å². The summed E-state index contributed by atoms with van der Waals surface area (Å²) in [4.78, 5) is 12.9. The number of morpholine rings is 1. The summed E-state index contributed by atoms with van der Waals surface area (Å²) < 4.78 is 16.9. The Kier molecular flexibility index (Phi) is 4.68. The van der Waals surface area contributed by atoms with Gasteiger partial charge in [-0.2, -0.15) is 0 Å². The lowest BCUT2D eigenvalue weighted by Crippen LogP contribution is -2.54. The zero-order valence-corrected chi connectivity index (χ0v) is 13.3. The van der Waals surface area contributed by atoms with Crippen molar-refractivity contribution in [2.45, 2.75) is 25.4 Å². The Balaban J connectivity index is 1.82. The first kappa shape index (κ1) is 16.0. The van der Waals surface area contributed by atoms with Gasteiger partial charge >= 0.3 is 5.69 Å². The lowest BCUT2D eigenvalue weighted by atomic mass is 9.92. The molecular weight excluding hydrogens is 300 g/mol. The standard InChI is InChI=1S/C16H22N2O5/c1-2-22-15-11-13(3-4-14(15)18(19)20)17-7-10-23-16(12-17)5-8-21-9-6-16/h3-4,11H,2,5-10,12H2,1H3. The van der Waals surface area contributed by atoms with Gasteiger partial charge in [0.15, 0.2) is 5.75 Å². The van der Waals surface area contributed by atoms with Crippen molar-refractivity contribution in [3.8, 4) is 5.75 Å². The third-order valence-corrected chi connectivity index (χ3v) is 4.46. The molecule has 2 heterocycles. The minimum Gasteiger partial charge on any atom is -0.487 e. The molecule has 23 heavy (non-hydrogen) atoms. The van der Waals surface area contributed by atoms with Crippen molar-refractivity contribution in [2.75, 3.05) is 44.4 Å². The molecule has 0 saturated carbocycles. The van der Waals surface area contributed by atoms with Crippen molar-refractivity contribution >= 4 is 11.4 Å². The number of hydrogen-bond acceptors (Lipinski definition) is 6. The average Bonchev–Trinajstić information content (AvgIpc) is 2.55. The van der Waals surface area contributed by atoms with Crippen molar-refractivity contribution < 1.29 is 19.1 Å². The fourth-order valence-electron chi connectivity index (χ4n) is 3.23. The van der Waals surface area contributed by atoms with E-state index in [4.69, 9.17) is 14.2 Å². The SMILES string of the molecule is CCOc1cc(N2CCOC3(CCOCC3)C2)ccc1[N+](=O)[O-]. The molecule has 0 aromatic heterocycles. The van der Waals surface area contributed by atoms with Crippen LogP contribution in [0.15, 0.2) is 18.2 Å². The van der Waals surface area contributed by atoms with Gasteiger partial charge in [0.2, 0.25) is 0 Å². The molecule has 0 amide bonds. The molecule has 2 aliphatic rings. The molecule has 1 aromatic rings. The van der Waals surface area contributed by atoms with Crippen molar-refractivity contribution in [3.05, 3.63) is 28.3 Å². The molecule has 126 valence electrons. The highest BCUT2D eigenvalue weighted by Gasteiger charge is 2.38. The van der Waals surface area contributed by atoms with Crippen molar-refractivity contribution in [1.29, 1.82) is 0 Å². The predicted molar refractivity (Wildman–Crippen MR) is 85.2 cm³/mol. The van der Waals surface area contributed by atoms with Crippen LogP contribution < -0.4 is 9.64 Å². The van der Waals surface area contributed by atoms with E-state index >= 15 is 0 Å². The first-order valence-corrected chi connectivity index (χ1v) is 8.01. The Bertz CT molecular complexity index is 566. The number of nitro groups is 1. The van der Waals surface area contributed by atoms with Crippen LogP contribution in [0, 0.1) is 10.1 Å². The maximum Gasteiger partial charge on any atom is 0.311 e. The van der Waals surface area contributed by atoms with Crippen LogP contribution in [0.4, 0.5) is 11.4 Å². The zero-order valence-electron chi connectivity index (χ0n) is 13.3. The number of nitrogens with zero attached hydrogens (tertiary/aromatic N) is 2. The summed E-state index contributed by atoms with van der Waals surface area (Å²) in [6.07, 6.45) is 1.77. The highest BCUT2D eigenvalue weighted by Crippen LogP contribution is 2.35. The van der Waals surface area contributed by atoms with Gasteiger partial charge in [-0.1, -0.05) is 0 Å². The topological polar surface area (TPSA) is 74.1 Å². The van der Waals surface area contributed by atoms with Crippen LogP contribution in [-0.4, -0.2) is 50.0 Å². The number of rotatable bonds is 4. The minimum atomic E-state index is -0.409. The summed E-state index contributed by atoms with van der Waals surface area (Å²) in [5.74, 6) is 0.322. The summed E-state index contributed by atoms with van der Waals surface area (Å²) in [7, 11) is 0. The molecule has 0 unspecified atom stereocenters. The highest BCUT2D eigenvalue weighted by molar-refractivity contribution is 5.59. The monoisotopic (exact) mass is 322 g/mol. The Morgan fingerprint density at radius 3 is 2.83 bits per heavy atom. The quantitative estimate of drug-likeness (QED) is 0.626. The van der Waals surface area contributed by atoms with Gasteiger partial charge in [-0.3, -0.25) is 10.1 Å². The number of ether oxygens (including phenoxy) is 3. The number of hydrogen-bond donors (Lipinski definition) is 0. The predicted octanol–water partition coefficient (Wildman–Crippen LogP) is 2.38. The Morgan fingerprint density at radius 1 is 1.35 bits per heavy atom. The molecule has 0 radical (unpaired) electrons. The maximum absolute atomic E-state index is 11.1. The van der Waals surface area contributed by atoms with Gasteiger partial charge in [-0.25, -0.2) is 0 Å². The van der Waals surface area contributed by atoms with E-state index in [0.717, 1.165) is 44.8 Å². The van der Waals surface area contributed by atoms with E-state index in [-0.39, 0.29) is 11.3 Å². The van der Waals surface area contributed by atoms with E-state index in [1.54, 1.807) is 12.1 Å². The first-order chi connectivity index (χ1) is 11.1. The molecule has 0 bridgehead atoms. The average molecular weight is 322 g/mol. The maximum atomic E-state index is 11.1. The third-order valence-electron chi connectivity index (χ3n) is 4.46. The molecule has 2 aliphatic heterocycles. The Morgan fingerprint density at radius 2 is 2.13 bits per heavy atom. The summed E-state index contributed by atoms with van der Waals surface area (Å²) in [6.45, 7) is 5.86. The first-order valence-electron chi connectivity index (χ1n) is 8.01. The fourth-order valence-corrected chi connectivity index (χ4v) is 3.23. The zero-order chi connectivity index (χ0) is 16.3. The molecule has 7 heteroatoms. The lowest BCUT2D eigenvalue weighted by Gasteiger charge is -2.45. The van der Waals surface area contributed by atoms with Gasteiger partial charge < -0.3 is 19.1 Å². The Labute approximate surface area is 135 Å². The molecule has 0 aliphatic carbocycles. The van der Waals surface area contributed by atoms with E-state index in [0.29, 0.717) is 19.0 Å². The molecule has 2 fully saturated rings. The number of anilines is 1. The summed E-state index contributed by atoms with van der Waals surface area (Å²) in [5.41, 5.74) is 0.780. The van der Waals surface area contributed by atoms with Crippen molar-refractivity contribution in [1.82, 2.24) is 0 Å². The van der Waals surface area contributed by atoms with Gasteiger partial charge in [0.25, 0.3) is 0 Å². The van der Waals surface area contributed by atoms with E-state index in [1.165, 1.54) is 6.07 Å². The second-order valence-corrected chi connectivity index (χ2v) is 5.91. The second-order valence-electron chi connectivity index (χ2n) is 5.91. The molecular formula is C16H22N2O5. The number of benzene rings is 1. The van der Waals surface area contributed by atoms with E-state index in [9.17, 15) is 10.1 Å². The summed E-state index contributed by atoms with van der Waals surface area (Å²) in [5, 5.41) is 11.1. The van der Waals surface area contributed by atoms with Gasteiger partial charge in [0.05, 0.1) is 23.7 Å². The van der Waals surface area contributed by atoms with Gasteiger partial charge in [0, 0.05) is 57.0 Å². The molecule has 0 N–H and O–H groups in total. The third kappa shape index (κ3) is 3.40. The summed E-state index contributed by atoms with van der Waals surface area (Å²) in [6, 6.07) is 5.07. The molecule has 2 saturated heterocycles. The Hall–Kier alpha value is -1.86. The molecule has 0 atom stereocenters. The fraction of sp³-hybridized carbons (Fsp3) is 0.625. The van der Waals surface area contributed by atoms with Gasteiger partial charge in [0.1, 0.15) is 0 Å². The van der Waals surface area contributed by atoms with Crippen LogP contribution >= 0.6 is 0 Å². The van der Waals surface area contributed by atoms with Crippen LogP contribution in [0.5, 0.6) is 5.75 Å². The van der Waals surface area contributed by atoms with Crippen LogP contribution in [0.25, 0.3) is 0 Å². The van der Waals surface area contributed by atoms with Crippen LogP contribution in [0.1, 0.15) is 19.8 Å². The van der Waals surface area contributed by atoms with Gasteiger partial charge in [-0.05, 0) is 13.0 Å². The molecule has 1 spiro atoms. The van der Waals surface area contributed by atoms with E-state index in [1.807, 2.05) is 6.92 Å². The smallest absolute Gasteiger partial charge is 0.311 e.